The summed E-state index contributed by atoms with van der Waals surface area (Å²) >= 11 is 5.31. The second-order valence-corrected chi connectivity index (χ2v) is 10.8. The Hall–Kier alpha value is -1.99. The molecular weight excluding hydrogens is 472 g/mol. The molecule has 31 heavy (non-hydrogen) atoms. The molecule has 0 bridgehead atoms. The lowest BCUT2D eigenvalue weighted by atomic mass is 9.94. The number of nitrogens with zero attached hydrogens (tertiary/aromatic N) is 4. The van der Waals surface area contributed by atoms with Crippen LogP contribution in [0.2, 0.25) is 0 Å². The van der Waals surface area contributed by atoms with Crippen LogP contribution >= 0.6 is 27.3 Å². The molecule has 162 valence electrons. The maximum absolute atomic E-state index is 13.5. The monoisotopic (exact) mass is 498 g/mol. The van der Waals surface area contributed by atoms with E-state index in [1.807, 2.05) is 6.07 Å². The molecule has 0 aliphatic carbocycles. The van der Waals surface area contributed by atoms with Crippen molar-refractivity contribution in [2.24, 2.45) is 5.92 Å². The van der Waals surface area contributed by atoms with Crippen LogP contribution in [0.3, 0.4) is 0 Å². The minimum Gasteiger partial charge on any atom is -0.356 e. The van der Waals surface area contributed by atoms with Gasteiger partial charge in [0.2, 0.25) is 5.91 Å². The number of aromatic nitrogens is 2. The van der Waals surface area contributed by atoms with Gasteiger partial charge in [0.05, 0.1) is 11.4 Å². The van der Waals surface area contributed by atoms with E-state index in [1.165, 1.54) is 21.4 Å². The molecule has 5 nitrogen and oxygen atoms in total. The summed E-state index contributed by atoms with van der Waals surface area (Å²) in [4.78, 5) is 29.4. The van der Waals surface area contributed by atoms with Crippen LogP contribution in [-0.2, 0) is 4.79 Å². The number of rotatable bonds is 3. The first-order valence-corrected chi connectivity index (χ1v) is 12.7. The van der Waals surface area contributed by atoms with Gasteiger partial charge in [-0.3, -0.25) is 4.79 Å². The zero-order chi connectivity index (χ0) is 21.5. The molecule has 2 aliphatic rings. The van der Waals surface area contributed by atoms with E-state index in [2.05, 4.69) is 67.7 Å². The summed E-state index contributed by atoms with van der Waals surface area (Å²) in [6.07, 6.45) is 5.58. The second-order valence-electron chi connectivity index (χ2n) is 8.67. The fraction of sp³-hybridized carbons (Fsp3) is 0.458. The molecule has 1 amide bonds. The van der Waals surface area contributed by atoms with Crippen LogP contribution in [0.5, 0.6) is 0 Å². The van der Waals surface area contributed by atoms with Crippen molar-refractivity contribution in [1.29, 1.82) is 0 Å². The van der Waals surface area contributed by atoms with Gasteiger partial charge in [0.25, 0.3) is 0 Å². The van der Waals surface area contributed by atoms with Crippen LogP contribution in [0.25, 0.3) is 10.2 Å². The number of carbonyl (C=O) groups is 1. The molecule has 3 aromatic rings. The number of carbonyl (C=O) groups excluding carboxylic acids is 1. The van der Waals surface area contributed by atoms with Crippen molar-refractivity contribution >= 4 is 49.2 Å². The number of piperidine rings is 1. The minimum atomic E-state index is 0.103. The number of anilines is 1. The van der Waals surface area contributed by atoms with Gasteiger partial charge >= 0.3 is 0 Å². The van der Waals surface area contributed by atoms with Gasteiger partial charge in [0.1, 0.15) is 17.0 Å². The Morgan fingerprint density at radius 3 is 2.71 bits per heavy atom. The molecule has 4 heterocycles. The standard InChI is InChI=1S/C24H27BrN4OS/c1-15-16(2)31-23-21(15)22(26-14-27-23)28-11-8-17(9-12-28)24(30)29-10-4-7-20(29)18-5-3-6-19(25)13-18/h3,5-6,13-14,17,20H,4,7-12H2,1-2H3. The first kappa shape index (κ1) is 20.9. The van der Waals surface area contributed by atoms with E-state index in [0.29, 0.717) is 5.91 Å². The van der Waals surface area contributed by atoms with Gasteiger partial charge in [0, 0.05) is 34.9 Å². The van der Waals surface area contributed by atoms with Gasteiger partial charge in [-0.2, -0.15) is 0 Å². The number of thiophene rings is 1. The maximum Gasteiger partial charge on any atom is 0.226 e. The van der Waals surface area contributed by atoms with Crippen molar-refractivity contribution in [3.8, 4) is 0 Å². The molecule has 1 unspecified atom stereocenters. The van der Waals surface area contributed by atoms with E-state index in [9.17, 15) is 4.79 Å². The molecule has 0 N–H and O–H groups in total. The third-order valence-corrected chi connectivity index (χ3v) is 8.47. The van der Waals surface area contributed by atoms with Crippen molar-refractivity contribution in [2.75, 3.05) is 24.5 Å². The molecular formula is C24H27BrN4OS. The molecule has 7 heteroatoms. The molecule has 5 rings (SSSR count). The van der Waals surface area contributed by atoms with E-state index < -0.39 is 0 Å². The Morgan fingerprint density at radius 2 is 1.94 bits per heavy atom. The summed E-state index contributed by atoms with van der Waals surface area (Å²) in [5.74, 6) is 1.47. The topological polar surface area (TPSA) is 49.3 Å². The minimum absolute atomic E-state index is 0.103. The van der Waals surface area contributed by atoms with Crippen molar-refractivity contribution in [3.63, 3.8) is 0 Å². The summed E-state index contributed by atoms with van der Waals surface area (Å²) in [6.45, 7) is 6.91. The van der Waals surface area contributed by atoms with Crippen LogP contribution < -0.4 is 4.90 Å². The van der Waals surface area contributed by atoms with E-state index in [0.717, 1.165) is 60.4 Å². The number of hydrogen-bond donors (Lipinski definition) is 0. The smallest absolute Gasteiger partial charge is 0.226 e. The van der Waals surface area contributed by atoms with Crippen molar-refractivity contribution in [1.82, 2.24) is 14.9 Å². The van der Waals surface area contributed by atoms with E-state index >= 15 is 0 Å². The maximum atomic E-state index is 13.5. The molecule has 0 spiro atoms. The molecule has 1 atom stereocenters. The first-order chi connectivity index (χ1) is 15.0. The molecule has 2 aromatic heterocycles. The highest BCUT2D eigenvalue weighted by molar-refractivity contribution is 9.10. The summed E-state index contributed by atoms with van der Waals surface area (Å²) in [5, 5.41) is 1.18. The normalized spacial score (nSPS) is 20.0. The van der Waals surface area contributed by atoms with E-state index in [1.54, 1.807) is 17.7 Å². The van der Waals surface area contributed by atoms with Crippen LogP contribution in [0.4, 0.5) is 5.82 Å². The molecule has 0 radical (unpaired) electrons. The predicted molar refractivity (Wildman–Crippen MR) is 130 cm³/mol. The lowest BCUT2D eigenvalue weighted by molar-refractivity contribution is -0.137. The molecule has 1 aromatic carbocycles. The van der Waals surface area contributed by atoms with Gasteiger partial charge in [-0.1, -0.05) is 28.1 Å². The number of benzene rings is 1. The summed E-state index contributed by atoms with van der Waals surface area (Å²) in [6, 6.07) is 8.62. The average Bonchev–Trinajstić information content (AvgIpc) is 3.38. The van der Waals surface area contributed by atoms with Gasteiger partial charge in [-0.05, 0) is 62.8 Å². The van der Waals surface area contributed by atoms with Gasteiger partial charge in [0.15, 0.2) is 0 Å². The fourth-order valence-corrected chi connectivity index (χ4v) is 6.48. The second kappa shape index (κ2) is 8.51. The number of halogens is 1. The van der Waals surface area contributed by atoms with Crippen molar-refractivity contribution < 1.29 is 4.79 Å². The average molecular weight is 499 g/mol. The van der Waals surface area contributed by atoms with Crippen LogP contribution in [-0.4, -0.2) is 40.4 Å². The SMILES string of the molecule is Cc1sc2ncnc(N3CCC(C(=O)N4CCCC4c4cccc(Br)c4)CC3)c2c1C. The fourth-order valence-electron chi connectivity index (χ4n) is 5.07. The highest BCUT2D eigenvalue weighted by Gasteiger charge is 2.36. The Morgan fingerprint density at radius 1 is 1.13 bits per heavy atom. The third kappa shape index (κ3) is 3.87. The predicted octanol–water partition coefficient (Wildman–Crippen LogP) is 5.65. The molecule has 2 aliphatic heterocycles. The zero-order valence-corrected chi connectivity index (χ0v) is 20.4. The number of aryl methyl sites for hydroxylation is 2. The van der Waals surface area contributed by atoms with E-state index in [4.69, 9.17) is 0 Å². The number of amides is 1. The Kier molecular flexibility index (Phi) is 5.73. The van der Waals surface area contributed by atoms with Crippen molar-refractivity contribution in [2.45, 2.75) is 45.6 Å². The Bertz CT molecular complexity index is 1120. The van der Waals surface area contributed by atoms with Crippen LogP contribution in [0.1, 0.15) is 47.7 Å². The Balaban J connectivity index is 1.30. The van der Waals surface area contributed by atoms with Crippen LogP contribution in [0.15, 0.2) is 35.1 Å². The lowest BCUT2D eigenvalue weighted by Crippen LogP contribution is -2.42. The highest BCUT2D eigenvalue weighted by Crippen LogP contribution is 2.38. The summed E-state index contributed by atoms with van der Waals surface area (Å²) in [5.41, 5.74) is 2.52. The zero-order valence-electron chi connectivity index (χ0n) is 18.0. The Labute approximate surface area is 195 Å². The highest BCUT2D eigenvalue weighted by atomic mass is 79.9. The summed E-state index contributed by atoms with van der Waals surface area (Å²) < 4.78 is 1.08. The molecule has 2 saturated heterocycles. The third-order valence-electron chi connectivity index (χ3n) is 6.86. The largest absolute Gasteiger partial charge is 0.356 e. The van der Waals surface area contributed by atoms with Gasteiger partial charge in [-0.25, -0.2) is 9.97 Å². The number of likely N-dealkylation sites (tertiary alicyclic amines) is 1. The lowest BCUT2D eigenvalue weighted by Gasteiger charge is -2.35. The summed E-state index contributed by atoms with van der Waals surface area (Å²) in [7, 11) is 0. The van der Waals surface area contributed by atoms with Gasteiger partial charge in [-0.15, -0.1) is 11.3 Å². The number of fused-ring (bicyclic) bond motifs is 1. The van der Waals surface area contributed by atoms with Gasteiger partial charge < -0.3 is 9.80 Å². The van der Waals surface area contributed by atoms with Crippen molar-refractivity contribution in [3.05, 3.63) is 51.1 Å². The first-order valence-electron chi connectivity index (χ1n) is 11.0. The molecule has 0 saturated carbocycles. The van der Waals surface area contributed by atoms with E-state index in [-0.39, 0.29) is 12.0 Å². The quantitative estimate of drug-likeness (QED) is 0.467. The molecule has 2 fully saturated rings. The van der Waals surface area contributed by atoms with Crippen LogP contribution in [0, 0.1) is 19.8 Å². The number of hydrogen-bond acceptors (Lipinski definition) is 5.